The fraction of sp³-hybridized carbons (Fsp3) is 0.292. The number of anilines is 1. The van der Waals surface area contributed by atoms with Gasteiger partial charge in [-0.15, -0.1) is 10.2 Å². The predicted octanol–water partition coefficient (Wildman–Crippen LogP) is 2.96. The predicted molar refractivity (Wildman–Crippen MR) is 133 cm³/mol. The van der Waals surface area contributed by atoms with Gasteiger partial charge in [0, 0.05) is 42.1 Å². The molecule has 11 nitrogen and oxygen atoms in total. The minimum Gasteiger partial charge on any atom is -0.346 e. The van der Waals surface area contributed by atoms with Crippen molar-refractivity contribution in [2.75, 3.05) is 5.32 Å². The van der Waals surface area contributed by atoms with Gasteiger partial charge in [0.25, 0.3) is 5.91 Å². The molecule has 0 saturated heterocycles. The molecule has 0 radical (unpaired) electrons. The van der Waals surface area contributed by atoms with Gasteiger partial charge < -0.3 is 10.6 Å². The quantitative estimate of drug-likeness (QED) is 0.288. The standard InChI is InChI=1S/C24H25ClFN9O2/c1-16-4-5-17(12-27-16)10-23(36)29-22-15-35(33-31-22)9-3-2-8-34-14-21(30-32-34)24(37)28-13-18-11-19(25)6-7-20(18)26/h4-7,11-12,14-15H,2-3,8-10,13H2,1H3,(H,28,37)(H,29,36). The molecule has 0 bridgehead atoms. The molecule has 37 heavy (non-hydrogen) atoms. The first-order chi connectivity index (χ1) is 17.9. The summed E-state index contributed by atoms with van der Waals surface area (Å²) in [4.78, 5) is 28.7. The fourth-order valence-electron chi connectivity index (χ4n) is 3.44. The number of aromatic nitrogens is 7. The molecule has 0 atom stereocenters. The first kappa shape index (κ1) is 25.9. The highest BCUT2D eigenvalue weighted by Gasteiger charge is 2.12. The van der Waals surface area contributed by atoms with Gasteiger partial charge in [0.1, 0.15) is 5.82 Å². The number of aryl methyl sites for hydroxylation is 3. The van der Waals surface area contributed by atoms with Crippen LogP contribution >= 0.6 is 11.6 Å². The van der Waals surface area contributed by atoms with E-state index < -0.39 is 11.7 Å². The van der Waals surface area contributed by atoms with Crippen LogP contribution in [0.1, 0.15) is 40.2 Å². The molecule has 0 aliphatic rings. The number of hydrogen-bond donors (Lipinski definition) is 2. The van der Waals surface area contributed by atoms with Crippen LogP contribution in [0.4, 0.5) is 10.2 Å². The lowest BCUT2D eigenvalue weighted by atomic mass is 10.2. The summed E-state index contributed by atoms with van der Waals surface area (Å²) < 4.78 is 17.0. The second-order valence-electron chi connectivity index (χ2n) is 8.39. The Morgan fingerprint density at radius 3 is 2.54 bits per heavy atom. The zero-order valence-electron chi connectivity index (χ0n) is 20.1. The van der Waals surface area contributed by atoms with Crippen LogP contribution in [0, 0.1) is 12.7 Å². The molecule has 2 N–H and O–H groups in total. The smallest absolute Gasteiger partial charge is 0.273 e. The van der Waals surface area contributed by atoms with E-state index in [0.29, 0.717) is 23.9 Å². The topological polar surface area (TPSA) is 133 Å². The number of pyridine rings is 1. The first-order valence-electron chi connectivity index (χ1n) is 11.6. The molecule has 192 valence electrons. The van der Waals surface area contributed by atoms with Gasteiger partial charge in [0.2, 0.25) is 5.91 Å². The Morgan fingerprint density at radius 2 is 1.78 bits per heavy atom. The summed E-state index contributed by atoms with van der Waals surface area (Å²) in [6, 6.07) is 7.88. The molecule has 13 heteroatoms. The van der Waals surface area contributed by atoms with Gasteiger partial charge in [-0.2, -0.15) is 0 Å². The number of amides is 2. The van der Waals surface area contributed by atoms with Gasteiger partial charge in [-0.1, -0.05) is 28.1 Å². The van der Waals surface area contributed by atoms with Gasteiger partial charge >= 0.3 is 0 Å². The SMILES string of the molecule is Cc1ccc(CC(=O)Nc2cn(CCCCn3cc(C(=O)NCc4cc(Cl)ccc4F)nn3)nn2)cn1. The highest BCUT2D eigenvalue weighted by Crippen LogP contribution is 2.14. The van der Waals surface area contributed by atoms with E-state index >= 15 is 0 Å². The van der Waals surface area contributed by atoms with Crippen molar-refractivity contribution in [1.82, 2.24) is 40.3 Å². The van der Waals surface area contributed by atoms with Crippen molar-refractivity contribution in [2.24, 2.45) is 0 Å². The van der Waals surface area contributed by atoms with E-state index in [9.17, 15) is 14.0 Å². The lowest BCUT2D eigenvalue weighted by Gasteiger charge is -2.05. The second-order valence-corrected chi connectivity index (χ2v) is 8.83. The minimum absolute atomic E-state index is 0.0123. The van der Waals surface area contributed by atoms with Crippen molar-refractivity contribution in [3.63, 3.8) is 0 Å². The zero-order chi connectivity index (χ0) is 26.2. The number of rotatable bonds is 11. The largest absolute Gasteiger partial charge is 0.346 e. The minimum atomic E-state index is -0.457. The zero-order valence-corrected chi connectivity index (χ0v) is 20.8. The molecule has 3 aromatic heterocycles. The lowest BCUT2D eigenvalue weighted by molar-refractivity contribution is -0.115. The maximum absolute atomic E-state index is 13.8. The summed E-state index contributed by atoms with van der Waals surface area (Å²) in [5.74, 6) is -0.715. The normalized spacial score (nSPS) is 10.9. The number of hydrogen-bond acceptors (Lipinski definition) is 7. The van der Waals surface area contributed by atoms with Gasteiger partial charge in [0.05, 0.1) is 18.8 Å². The van der Waals surface area contributed by atoms with Gasteiger partial charge in [0.15, 0.2) is 11.5 Å². The number of nitrogens with one attached hydrogen (secondary N) is 2. The molecule has 0 aliphatic carbocycles. The monoisotopic (exact) mass is 525 g/mol. The van der Waals surface area contributed by atoms with Gasteiger partial charge in [-0.25, -0.2) is 4.39 Å². The third-order valence-electron chi connectivity index (χ3n) is 5.39. The Labute approximate surface area is 217 Å². The number of halogens is 2. The molecule has 1 aromatic carbocycles. The van der Waals surface area contributed by atoms with Crippen molar-refractivity contribution in [3.8, 4) is 0 Å². The van der Waals surface area contributed by atoms with Crippen molar-refractivity contribution >= 4 is 29.2 Å². The summed E-state index contributed by atoms with van der Waals surface area (Å²) in [5.41, 5.74) is 2.14. The maximum Gasteiger partial charge on any atom is 0.273 e. The Hall–Kier alpha value is -4.19. The van der Waals surface area contributed by atoms with Crippen LogP contribution in [0.3, 0.4) is 0 Å². The van der Waals surface area contributed by atoms with Crippen LogP contribution in [0.5, 0.6) is 0 Å². The van der Waals surface area contributed by atoms with Crippen LogP contribution in [-0.2, 0) is 30.8 Å². The Kier molecular flexibility index (Phi) is 8.52. The molecule has 4 aromatic rings. The summed E-state index contributed by atoms with van der Waals surface area (Å²) >= 11 is 5.87. The molecule has 0 fully saturated rings. The van der Waals surface area contributed by atoms with Crippen molar-refractivity contribution < 1.29 is 14.0 Å². The molecule has 3 heterocycles. The molecule has 0 unspecified atom stereocenters. The van der Waals surface area contributed by atoms with Crippen LogP contribution in [0.2, 0.25) is 5.02 Å². The van der Waals surface area contributed by atoms with E-state index in [2.05, 4.69) is 36.2 Å². The Morgan fingerprint density at radius 1 is 1.03 bits per heavy atom. The van der Waals surface area contributed by atoms with E-state index in [0.717, 1.165) is 24.1 Å². The fourth-order valence-corrected chi connectivity index (χ4v) is 3.64. The molecule has 4 rings (SSSR count). The average Bonchev–Trinajstić information content (AvgIpc) is 3.53. The van der Waals surface area contributed by atoms with E-state index in [-0.39, 0.29) is 30.1 Å². The highest BCUT2D eigenvalue weighted by atomic mass is 35.5. The van der Waals surface area contributed by atoms with Gasteiger partial charge in [-0.05, 0) is 49.6 Å². The molecular formula is C24H25ClFN9O2. The number of unbranched alkanes of at least 4 members (excludes halogenated alkanes) is 1. The number of carbonyl (C=O) groups is 2. The van der Waals surface area contributed by atoms with Crippen LogP contribution < -0.4 is 10.6 Å². The number of benzene rings is 1. The number of carbonyl (C=O) groups excluding carboxylic acids is 2. The number of nitrogens with zero attached hydrogens (tertiary/aromatic N) is 7. The third-order valence-corrected chi connectivity index (χ3v) is 5.62. The maximum atomic E-state index is 13.8. The first-order valence-corrected chi connectivity index (χ1v) is 12.0. The molecule has 0 aliphatic heterocycles. The van der Waals surface area contributed by atoms with Gasteiger partial charge in [-0.3, -0.25) is 23.9 Å². The Balaban J connectivity index is 1.16. The second kappa shape index (κ2) is 12.2. The highest BCUT2D eigenvalue weighted by molar-refractivity contribution is 6.30. The third kappa shape index (κ3) is 7.64. The van der Waals surface area contributed by atoms with E-state index in [1.54, 1.807) is 21.8 Å². The Bertz CT molecular complexity index is 1370. The summed E-state index contributed by atoms with van der Waals surface area (Å²) in [7, 11) is 0. The van der Waals surface area contributed by atoms with Crippen LogP contribution in [0.15, 0.2) is 48.9 Å². The molecule has 0 spiro atoms. The average molecular weight is 526 g/mol. The summed E-state index contributed by atoms with van der Waals surface area (Å²) in [6.07, 6.45) is 6.61. The lowest BCUT2D eigenvalue weighted by Crippen LogP contribution is -2.23. The van der Waals surface area contributed by atoms with Crippen LogP contribution in [-0.4, -0.2) is 46.8 Å². The van der Waals surface area contributed by atoms with E-state index in [1.807, 2.05) is 19.1 Å². The molecule has 0 saturated carbocycles. The molecular weight excluding hydrogens is 501 g/mol. The summed E-state index contributed by atoms with van der Waals surface area (Å²) in [5, 5.41) is 21.6. The summed E-state index contributed by atoms with van der Waals surface area (Å²) in [6.45, 7) is 3.02. The van der Waals surface area contributed by atoms with Crippen molar-refractivity contribution in [1.29, 1.82) is 0 Å². The van der Waals surface area contributed by atoms with E-state index in [4.69, 9.17) is 11.6 Å². The van der Waals surface area contributed by atoms with E-state index in [1.165, 1.54) is 24.4 Å². The van der Waals surface area contributed by atoms with Crippen molar-refractivity contribution in [2.45, 2.75) is 45.8 Å². The van der Waals surface area contributed by atoms with Crippen molar-refractivity contribution in [3.05, 3.63) is 82.3 Å². The molecule has 2 amide bonds. The van der Waals surface area contributed by atoms with Crippen LogP contribution in [0.25, 0.3) is 0 Å².